The molecule has 0 nitrogen and oxygen atoms in total. The lowest BCUT2D eigenvalue weighted by Gasteiger charge is -2.06. The molecule has 0 bridgehead atoms. The zero-order chi connectivity index (χ0) is 7.98. The normalized spacial score (nSPS) is 12.8. The average molecular weight is 138 g/mol. The van der Waals surface area contributed by atoms with E-state index in [0.717, 1.165) is 5.92 Å². The Hall–Kier alpha value is -0.480. The molecule has 0 heteroatoms. The Morgan fingerprint density at radius 1 is 1.30 bits per heavy atom. The Kier molecular flexibility index (Phi) is 5.06. The first-order valence-electron chi connectivity index (χ1n) is 4.02. The van der Waals surface area contributed by atoms with Crippen LogP contribution in [0.25, 0.3) is 0 Å². The first kappa shape index (κ1) is 9.52. The average Bonchev–Trinajstić information content (AvgIpc) is 1.85. The van der Waals surface area contributed by atoms with Gasteiger partial charge in [0.2, 0.25) is 0 Å². The quantitative estimate of drug-likeness (QED) is 0.522. The van der Waals surface area contributed by atoms with Gasteiger partial charge in [-0.05, 0) is 24.3 Å². The monoisotopic (exact) mass is 138 g/mol. The second kappa shape index (κ2) is 5.32. The second-order valence-electron chi connectivity index (χ2n) is 3.32. The van der Waals surface area contributed by atoms with Gasteiger partial charge in [-0.2, -0.15) is 0 Å². The van der Waals surface area contributed by atoms with E-state index in [4.69, 9.17) is 0 Å². The van der Waals surface area contributed by atoms with Gasteiger partial charge in [0, 0.05) is 0 Å². The lowest BCUT2D eigenvalue weighted by molar-refractivity contribution is 0.502. The summed E-state index contributed by atoms with van der Waals surface area (Å²) in [6, 6.07) is 0. The van der Waals surface area contributed by atoms with Gasteiger partial charge in [0.1, 0.15) is 0 Å². The molecule has 0 aliphatic heterocycles. The molecule has 0 saturated carbocycles. The predicted molar refractivity (Wildman–Crippen MR) is 46.9 cm³/mol. The summed E-state index contributed by atoms with van der Waals surface area (Å²) in [6.45, 7) is 10.3. The standard InChI is InChI=1S/C10H18/c1-5-6-10(4)8-7-9(2)3/h6,9-10H,1,7-8H2,2-4H3. The maximum atomic E-state index is 3.55. The van der Waals surface area contributed by atoms with Crippen molar-refractivity contribution in [2.45, 2.75) is 33.6 Å². The molecule has 0 N–H and O–H groups in total. The van der Waals surface area contributed by atoms with Gasteiger partial charge in [-0.15, -0.1) is 5.73 Å². The van der Waals surface area contributed by atoms with Gasteiger partial charge in [0.15, 0.2) is 0 Å². The fraction of sp³-hybridized carbons (Fsp3) is 0.700. The van der Waals surface area contributed by atoms with Crippen molar-refractivity contribution in [2.24, 2.45) is 11.8 Å². The van der Waals surface area contributed by atoms with Crippen LogP contribution >= 0.6 is 0 Å². The van der Waals surface area contributed by atoms with Crippen LogP contribution in [0.15, 0.2) is 18.4 Å². The van der Waals surface area contributed by atoms with E-state index in [-0.39, 0.29) is 0 Å². The highest BCUT2D eigenvalue weighted by Crippen LogP contribution is 2.11. The van der Waals surface area contributed by atoms with Crippen molar-refractivity contribution in [2.75, 3.05) is 0 Å². The van der Waals surface area contributed by atoms with Crippen LogP contribution in [0.3, 0.4) is 0 Å². The van der Waals surface area contributed by atoms with Gasteiger partial charge < -0.3 is 0 Å². The predicted octanol–water partition coefficient (Wildman–Crippen LogP) is 3.40. The fourth-order valence-electron chi connectivity index (χ4n) is 0.881. The molecule has 0 aliphatic carbocycles. The maximum absolute atomic E-state index is 3.55. The van der Waals surface area contributed by atoms with E-state index in [1.54, 1.807) is 0 Å². The maximum Gasteiger partial charge on any atom is -0.0186 e. The highest BCUT2D eigenvalue weighted by molar-refractivity contribution is 4.81. The van der Waals surface area contributed by atoms with Crippen molar-refractivity contribution < 1.29 is 0 Å². The summed E-state index contributed by atoms with van der Waals surface area (Å²) in [7, 11) is 0. The van der Waals surface area contributed by atoms with Crippen molar-refractivity contribution in [3.8, 4) is 0 Å². The molecule has 0 heterocycles. The minimum Gasteiger partial charge on any atom is -0.133 e. The third-order valence-corrected chi connectivity index (χ3v) is 1.60. The topological polar surface area (TPSA) is 0 Å². The number of rotatable bonds is 4. The summed E-state index contributed by atoms with van der Waals surface area (Å²) < 4.78 is 0. The van der Waals surface area contributed by atoms with E-state index >= 15 is 0 Å². The molecule has 0 rings (SSSR count). The molecule has 0 aliphatic rings. The van der Waals surface area contributed by atoms with Crippen molar-refractivity contribution in [3.05, 3.63) is 18.4 Å². The van der Waals surface area contributed by atoms with E-state index in [1.807, 2.05) is 6.08 Å². The minimum atomic E-state index is 0.653. The summed E-state index contributed by atoms with van der Waals surface area (Å²) in [4.78, 5) is 0. The molecule has 0 fully saturated rings. The highest BCUT2D eigenvalue weighted by atomic mass is 14.0. The Morgan fingerprint density at radius 2 is 1.90 bits per heavy atom. The zero-order valence-corrected chi connectivity index (χ0v) is 7.35. The number of allylic oxidation sites excluding steroid dienone is 1. The summed E-state index contributed by atoms with van der Waals surface area (Å²) in [6.07, 6.45) is 4.61. The largest absolute Gasteiger partial charge is 0.133 e. The highest BCUT2D eigenvalue weighted by Gasteiger charge is 1.98. The van der Waals surface area contributed by atoms with Crippen LogP contribution in [0.2, 0.25) is 0 Å². The smallest absolute Gasteiger partial charge is 0.0186 e. The van der Waals surface area contributed by atoms with Gasteiger partial charge in [-0.25, -0.2) is 0 Å². The lowest BCUT2D eigenvalue weighted by Crippen LogP contribution is -1.93. The van der Waals surface area contributed by atoms with Crippen LogP contribution in [0, 0.1) is 11.8 Å². The van der Waals surface area contributed by atoms with Crippen molar-refractivity contribution >= 4 is 0 Å². The molecule has 0 aromatic rings. The van der Waals surface area contributed by atoms with Crippen LogP contribution < -0.4 is 0 Å². The van der Waals surface area contributed by atoms with E-state index in [2.05, 4.69) is 33.1 Å². The lowest BCUT2D eigenvalue weighted by atomic mass is 9.99. The Balaban J connectivity index is 3.39. The number of hydrogen-bond donors (Lipinski definition) is 0. The van der Waals surface area contributed by atoms with Crippen LogP contribution in [-0.2, 0) is 0 Å². The van der Waals surface area contributed by atoms with Crippen molar-refractivity contribution in [1.82, 2.24) is 0 Å². The third-order valence-electron chi connectivity index (χ3n) is 1.60. The van der Waals surface area contributed by atoms with Crippen molar-refractivity contribution in [3.63, 3.8) is 0 Å². The summed E-state index contributed by atoms with van der Waals surface area (Å²) >= 11 is 0. The van der Waals surface area contributed by atoms with Gasteiger partial charge >= 0.3 is 0 Å². The van der Waals surface area contributed by atoms with Gasteiger partial charge in [0.25, 0.3) is 0 Å². The van der Waals surface area contributed by atoms with Gasteiger partial charge in [-0.3, -0.25) is 0 Å². The van der Waals surface area contributed by atoms with Gasteiger partial charge in [-0.1, -0.05) is 33.8 Å². The molecule has 0 aromatic carbocycles. The summed E-state index contributed by atoms with van der Waals surface area (Å²) in [5, 5.41) is 0. The van der Waals surface area contributed by atoms with E-state index in [9.17, 15) is 0 Å². The molecule has 0 radical (unpaired) electrons. The second-order valence-corrected chi connectivity index (χ2v) is 3.32. The molecule has 10 heavy (non-hydrogen) atoms. The Morgan fingerprint density at radius 3 is 2.30 bits per heavy atom. The summed E-state index contributed by atoms with van der Waals surface area (Å²) in [5.74, 6) is 1.47. The number of hydrogen-bond acceptors (Lipinski definition) is 0. The molecular formula is C10H18. The molecule has 1 atom stereocenters. The summed E-state index contributed by atoms with van der Waals surface area (Å²) in [5.41, 5.74) is 2.82. The van der Waals surface area contributed by atoms with Gasteiger partial charge in [0.05, 0.1) is 0 Å². The van der Waals surface area contributed by atoms with E-state index < -0.39 is 0 Å². The van der Waals surface area contributed by atoms with Crippen molar-refractivity contribution in [1.29, 1.82) is 0 Å². The molecule has 0 amide bonds. The van der Waals surface area contributed by atoms with E-state index in [1.165, 1.54) is 12.8 Å². The molecule has 1 unspecified atom stereocenters. The molecular weight excluding hydrogens is 120 g/mol. The van der Waals surface area contributed by atoms with Crippen LogP contribution in [-0.4, -0.2) is 0 Å². The zero-order valence-electron chi connectivity index (χ0n) is 7.35. The third kappa shape index (κ3) is 5.65. The van der Waals surface area contributed by atoms with Crippen LogP contribution in [0.5, 0.6) is 0 Å². The van der Waals surface area contributed by atoms with Crippen LogP contribution in [0.4, 0.5) is 0 Å². The van der Waals surface area contributed by atoms with Crippen LogP contribution in [0.1, 0.15) is 33.6 Å². The SMILES string of the molecule is C=C=CC(C)CCC(C)C. The Labute approximate surface area is 64.6 Å². The van der Waals surface area contributed by atoms with E-state index in [0.29, 0.717) is 5.92 Å². The Bertz CT molecular complexity index is 116. The molecule has 58 valence electrons. The fourth-order valence-corrected chi connectivity index (χ4v) is 0.881. The molecule has 0 aromatic heterocycles. The minimum absolute atomic E-state index is 0.653. The first-order valence-corrected chi connectivity index (χ1v) is 4.02. The molecule has 0 saturated heterocycles. The first-order chi connectivity index (χ1) is 4.66. The molecule has 0 spiro atoms.